The molecule has 0 fully saturated rings. The molecule has 1 aromatic heterocycles. The SMILES string of the molecule is C=C(C)CCc1ncnc2cc(CC)ccc12. The average Bonchev–Trinajstić information content (AvgIpc) is 2.35. The lowest BCUT2D eigenvalue weighted by molar-refractivity contribution is 0.906. The molecule has 0 saturated carbocycles. The molecule has 0 atom stereocenters. The molecule has 0 aliphatic rings. The van der Waals surface area contributed by atoms with E-state index in [1.807, 2.05) is 0 Å². The van der Waals surface area contributed by atoms with Crippen LogP contribution in [0.4, 0.5) is 0 Å². The topological polar surface area (TPSA) is 25.8 Å². The predicted molar refractivity (Wildman–Crippen MR) is 72.1 cm³/mol. The van der Waals surface area contributed by atoms with Crippen LogP contribution in [0, 0.1) is 0 Å². The molecule has 0 radical (unpaired) electrons. The van der Waals surface area contributed by atoms with Gasteiger partial charge in [-0.05, 0) is 37.8 Å². The van der Waals surface area contributed by atoms with Crippen LogP contribution in [0.2, 0.25) is 0 Å². The second-order valence-electron chi connectivity index (χ2n) is 4.48. The Hall–Kier alpha value is -1.70. The minimum atomic E-state index is 0.944. The first-order valence-electron chi connectivity index (χ1n) is 6.07. The number of aryl methyl sites for hydroxylation is 2. The lowest BCUT2D eigenvalue weighted by atomic mass is 10.0. The van der Waals surface area contributed by atoms with Crippen LogP contribution in [0.5, 0.6) is 0 Å². The van der Waals surface area contributed by atoms with Crippen LogP contribution in [0.25, 0.3) is 10.9 Å². The molecular formula is C15H18N2. The summed E-state index contributed by atoms with van der Waals surface area (Å²) in [5.41, 5.74) is 4.70. The Balaban J connectivity index is 2.39. The molecule has 0 amide bonds. The van der Waals surface area contributed by atoms with Crippen molar-refractivity contribution in [1.29, 1.82) is 0 Å². The molecule has 0 N–H and O–H groups in total. The van der Waals surface area contributed by atoms with Crippen LogP contribution in [0.15, 0.2) is 36.7 Å². The molecule has 0 bridgehead atoms. The normalized spacial score (nSPS) is 10.7. The standard InChI is InChI=1S/C15H18N2/c1-4-12-6-7-13-14(8-5-11(2)3)16-10-17-15(13)9-12/h6-7,9-10H,2,4-5,8H2,1,3H3. The van der Waals surface area contributed by atoms with E-state index in [9.17, 15) is 0 Å². The maximum Gasteiger partial charge on any atom is 0.116 e. The van der Waals surface area contributed by atoms with Crippen LogP contribution < -0.4 is 0 Å². The number of hydrogen-bond donors (Lipinski definition) is 0. The van der Waals surface area contributed by atoms with Crippen molar-refractivity contribution in [3.8, 4) is 0 Å². The van der Waals surface area contributed by atoms with Crippen molar-refractivity contribution in [3.05, 3.63) is 47.9 Å². The number of allylic oxidation sites excluding steroid dienone is 1. The molecular weight excluding hydrogens is 208 g/mol. The van der Waals surface area contributed by atoms with E-state index in [2.05, 4.69) is 48.6 Å². The van der Waals surface area contributed by atoms with E-state index in [1.54, 1.807) is 6.33 Å². The maximum absolute atomic E-state index is 4.38. The Morgan fingerprint density at radius 1 is 1.29 bits per heavy atom. The van der Waals surface area contributed by atoms with Crippen LogP contribution in [-0.4, -0.2) is 9.97 Å². The van der Waals surface area contributed by atoms with Gasteiger partial charge in [0.1, 0.15) is 6.33 Å². The number of aromatic nitrogens is 2. The highest BCUT2D eigenvalue weighted by atomic mass is 14.8. The van der Waals surface area contributed by atoms with Gasteiger partial charge < -0.3 is 0 Å². The third-order valence-electron chi connectivity index (χ3n) is 2.98. The molecule has 0 saturated heterocycles. The number of benzene rings is 1. The summed E-state index contributed by atoms with van der Waals surface area (Å²) in [5, 5.41) is 1.17. The predicted octanol–water partition coefficient (Wildman–Crippen LogP) is 3.70. The largest absolute Gasteiger partial charge is 0.241 e. The van der Waals surface area contributed by atoms with Crippen molar-refractivity contribution < 1.29 is 0 Å². The number of rotatable bonds is 4. The summed E-state index contributed by atoms with van der Waals surface area (Å²) in [6, 6.07) is 6.46. The van der Waals surface area contributed by atoms with E-state index in [0.29, 0.717) is 0 Å². The highest BCUT2D eigenvalue weighted by Gasteiger charge is 2.04. The van der Waals surface area contributed by atoms with E-state index in [1.165, 1.54) is 16.5 Å². The summed E-state index contributed by atoms with van der Waals surface area (Å²) >= 11 is 0. The fourth-order valence-electron chi connectivity index (χ4n) is 1.91. The van der Waals surface area contributed by atoms with Crippen molar-refractivity contribution >= 4 is 10.9 Å². The molecule has 2 rings (SSSR count). The van der Waals surface area contributed by atoms with Gasteiger partial charge in [0, 0.05) is 5.39 Å². The van der Waals surface area contributed by atoms with Crippen molar-refractivity contribution in [3.63, 3.8) is 0 Å². The Kier molecular flexibility index (Phi) is 3.52. The van der Waals surface area contributed by atoms with Gasteiger partial charge in [-0.2, -0.15) is 0 Å². The molecule has 1 aromatic carbocycles. The summed E-state index contributed by atoms with van der Waals surface area (Å²) < 4.78 is 0. The minimum absolute atomic E-state index is 0.944. The van der Waals surface area contributed by atoms with Crippen molar-refractivity contribution in [2.24, 2.45) is 0 Å². The molecule has 17 heavy (non-hydrogen) atoms. The summed E-state index contributed by atoms with van der Waals surface area (Å²) in [7, 11) is 0. The molecule has 0 spiro atoms. The van der Waals surface area contributed by atoms with Gasteiger partial charge in [0.25, 0.3) is 0 Å². The molecule has 0 aliphatic carbocycles. The van der Waals surface area contributed by atoms with Gasteiger partial charge in [0.15, 0.2) is 0 Å². The summed E-state index contributed by atoms with van der Waals surface area (Å²) in [5.74, 6) is 0. The van der Waals surface area contributed by atoms with Crippen LogP contribution in [0.3, 0.4) is 0 Å². The molecule has 0 aliphatic heterocycles. The first kappa shape index (κ1) is 11.8. The van der Waals surface area contributed by atoms with E-state index in [-0.39, 0.29) is 0 Å². The first-order valence-corrected chi connectivity index (χ1v) is 6.07. The second-order valence-corrected chi connectivity index (χ2v) is 4.48. The molecule has 1 heterocycles. The number of hydrogen-bond acceptors (Lipinski definition) is 2. The molecule has 2 heteroatoms. The zero-order valence-electron chi connectivity index (χ0n) is 10.5. The quantitative estimate of drug-likeness (QED) is 0.743. The van der Waals surface area contributed by atoms with Crippen LogP contribution in [-0.2, 0) is 12.8 Å². The zero-order valence-corrected chi connectivity index (χ0v) is 10.5. The van der Waals surface area contributed by atoms with Gasteiger partial charge in [-0.3, -0.25) is 0 Å². The average molecular weight is 226 g/mol. The van der Waals surface area contributed by atoms with E-state index >= 15 is 0 Å². The van der Waals surface area contributed by atoms with Gasteiger partial charge in [-0.1, -0.05) is 24.6 Å². The molecule has 2 aromatic rings. The van der Waals surface area contributed by atoms with Gasteiger partial charge in [-0.15, -0.1) is 6.58 Å². The fraction of sp³-hybridized carbons (Fsp3) is 0.333. The highest BCUT2D eigenvalue weighted by molar-refractivity contribution is 5.81. The lowest BCUT2D eigenvalue weighted by Gasteiger charge is -2.06. The highest BCUT2D eigenvalue weighted by Crippen LogP contribution is 2.18. The molecule has 88 valence electrons. The van der Waals surface area contributed by atoms with E-state index in [0.717, 1.165) is 30.5 Å². The Morgan fingerprint density at radius 2 is 2.12 bits per heavy atom. The maximum atomic E-state index is 4.38. The van der Waals surface area contributed by atoms with Crippen LogP contribution in [0.1, 0.15) is 31.5 Å². The lowest BCUT2D eigenvalue weighted by Crippen LogP contribution is -1.95. The third-order valence-corrected chi connectivity index (χ3v) is 2.98. The van der Waals surface area contributed by atoms with Crippen molar-refractivity contribution in [2.45, 2.75) is 33.1 Å². The summed E-state index contributed by atoms with van der Waals surface area (Å²) in [4.78, 5) is 8.73. The second kappa shape index (κ2) is 5.09. The van der Waals surface area contributed by atoms with Crippen molar-refractivity contribution in [1.82, 2.24) is 9.97 Å². The monoisotopic (exact) mass is 226 g/mol. The number of nitrogens with zero attached hydrogens (tertiary/aromatic N) is 2. The Labute approximate surface area is 102 Å². The van der Waals surface area contributed by atoms with Crippen LogP contribution >= 0.6 is 0 Å². The van der Waals surface area contributed by atoms with Gasteiger partial charge >= 0.3 is 0 Å². The van der Waals surface area contributed by atoms with Gasteiger partial charge in [-0.25, -0.2) is 9.97 Å². The summed E-state index contributed by atoms with van der Waals surface area (Å²) in [6.07, 6.45) is 4.64. The first-order chi connectivity index (χ1) is 8.20. The van der Waals surface area contributed by atoms with Crippen molar-refractivity contribution in [2.75, 3.05) is 0 Å². The number of fused-ring (bicyclic) bond motifs is 1. The van der Waals surface area contributed by atoms with E-state index in [4.69, 9.17) is 0 Å². The van der Waals surface area contributed by atoms with Gasteiger partial charge in [0.05, 0.1) is 11.2 Å². The Morgan fingerprint density at radius 3 is 2.82 bits per heavy atom. The minimum Gasteiger partial charge on any atom is -0.241 e. The molecule has 0 unspecified atom stereocenters. The summed E-state index contributed by atoms with van der Waals surface area (Å²) in [6.45, 7) is 8.15. The third kappa shape index (κ3) is 2.70. The zero-order chi connectivity index (χ0) is 12.3. The Bertz CT molecular complexity index is 544. The molecule has 2 nitrogen and oxygen atoms in total. The smallest absolute Gasteiger partial charge is 0.116 e. The van der Waals surface area contributed by atoms with E-state index < -0.39 is 0 Å². The van der Waals surface area contributed by atoms with Gasteiger partial charge in [0.2, 0.25) is 0 Å². The fourth-order valence-corrected chi connectivity index (χ4v) is 1.91.